The lowest BCUT2D eigenvalue weighted by Crippen LogP contribution is -2.59. The number of ether oxygens (including phenoxy) is 1. The molecule has 1 heterocycles. The number of nitrogens with two attached hydrogens (primary N) is 1. The van der Waals surface area contributed by atoms with Crippen molar-refractivity contribution in [2.45, 2.75) is 49.8 Å². The Bertz CT molecular complexity index is 412. The van der Waals surface area contributed by atoms with Crippen molar-refractivity contribution in [1.82, 2.24) is 4.90 Å². The van der Waals surface area contributed by atoms with Crippen molar-refractivity contribution in [2.24, 2.45) is 5.73 Å². The highest BCUT2D eigenvalue weighted by atomic mass is 32.2. The molecule has 1 aliphatic carbocycles. The van der Waals surface area contributed by atoms with E-state index in [2.05, 4.69) is 4.90 Å². The Kier molecular flexibility index (Phi) is 4.55. The van der Waals surface area contributed by atoms with E-state index in [1.54, 1.807) is 7.11 Å². The number of methoxy groups -OCH3 is 1. The highest BCUT2D eigenvalue weighted by Gasteiger charge is 2.44. The Hall–Kier alpha value is -0.170. The first-order valence-electron chi connectivity index (χ1n) is 7.09. The van der Waals surface area contributed by atoms with Crippen LogP contribution >= 0.6 is 0 Å². The Balaban J connectivity index is 2.12. The van der Waals surface area contributed by atoms with Gasteiger partial charge in [0.25, 0.3) is 0 Å². The third kappa shape index (κ3) is 3.12. The van der Waals surface area contributed by atoms with Crippen LogP contribution in [0.25, 0.3) is 0 Å². The number of hydrogen-bond donors (Lipinski definition) is 1. The molecule has 2 fully saturated rings. The lowest BCUT2D eigenvalue weighted by molar-refractivity contribution is -0.0241. The fourth-order valence-corrected chi connectivity index (χ4v) is 5.38. The SMILES string of the molecule is COC1CCCC(CN)(N(C)C2CCS(=O)(=O)C2)C1. The molecule has 2 rings (SSSR count). The van der Waals surface area contributed by atoms with Gasteiger partial charge in [0.15, 0.2) is 9.84 Å². The zero-order chi connectivity index (χ0) is 14.1. The van der Waals surface area contributed by atoms with Crippen LogP contribution in [0.15, 0.2) is 0 Å². The van der Waals surface area contributed by atoms with Gasteiger partial charge < -0.3 is 10.5 Å². The van der Waals surface area contributed by atoms with Crippen molar-refractivity contribution in [3.8, 4) is 0 Å². The number of sulfone groups is 1. The maximum atomic E-state index is 11.7. The third-order valence-electron chi connectivity index (χ3n) is 4.99. The van der Waals surface area contributed by atoms with Gasteiger partial charge in [-0.3, -0.25) is 4.90 Å². The van der Waals surface area contributed by atoms with Gasteiger partial charge in [-0.15, -0.1) is 0 Å². The number of hydrogen-bond acceptors (Lipinski definition) is 5. The minimum absolute atomic E-state index is 0.0938. The first kappa shape index (κ1) is 15.2. The molecule has 2 N–H and O–H groups in total. The van der Waals surface area contributed by atoms with Crippen LogP contribution in [0, 0.1) is 0 Å². The van der Waals surface area contributed by atoms with Crippen LogP contribution in [0.4, 0.5) is 0 Å². The van der Waals surface area contributed by atoms with Gasteiger partial charge in [0.2, 0.25) is 0 Å². The Morgan fingerprint density at radius 1 is 1.42 bits per heavy atom. The van der Waals surface area contributed by atoms with Crippen LogP contribution in [-0.4, -0.2) is 63.2 Å². The second kappa shape index (κ2) is 5.68. The molecule has 0 radical (unpaired) electrons. The monoisotopic (exact) mass is 290 g/mol. The summed E-state index contributed by atoms with van der Waals surface area (Å²) in [6, 6.07) is 0.115. The van der Waals surface area contributed by atoms with E-state index in [9.17, 15) is 8.42 Å². The number of likely N-dealkylation sites (N-methyl/N-ethyl adjacent to an activating group) is 1. The summed E-state index contributed by atoms with van der Waals surface area (Å²) in [5, 5.41) is 0. The van der Waals surface area contributed by atoms with E-state index in [-0.39, 0.29) is 23.4 Å². The number of rotatable bonds is 4. The summed E-state index contributed by atoms with van der Waals surface area (Å²) in [7, 11) is 0.938. The normalized spacial score (nSPS) is 38.7. The highest BCUT2D eigenvalue weighted by molar-refractivity contribution is 7.91. The molecular formula is C13H26N2O3S. The smallest absolute Gasteiger partial charge is 0.151 e. The van der Waals surface area contributed by atoms with Gasteiger partial charge in [0.05, 0.1) is 17.6 Å². The van der Waals surface area contributed by atoms with Crippen LogP contribution < -0.4 is 5.73 Å². The molecule has 3 unspecified atom stereocenters. The van der Waals surface area contributed by atoms with Crippen molar-refractivity contribution < 1.29 is 13.2 Å². The van der Waals surface area contributed by atoms with E-state index in [1.807, 2.05) is 7.05 Å². The van der Waals surface area contributed by atoms with E-state index in [0.717, 1.165) is 32.1 Å². The summed E-state index contributed by atoms with van der Waals surface area (Å²) in [5.41, 5.74) is 5.95. The molecule has 0 aromatic heterocycles. The molecule has 6 heteroatoms. The summed E-state index contributed by atoms with van der Waals surface area (Å²) in [6.07, 6.45) is 5.11. The van der Waals surface area contributed by atoms with Gasteiger partial charge in [0, 0.05) is 25.2 Å². The van der Waals surface area contributed by atoms with Crippen LogP contribution in [-0.2, 0) is 14.6 Å². The number of nitrogens with zero attached hydrogens (tertiary/aromatic N) is 1. The van der Waals surface area contributed by atoms with E-state index in [0.29, 0.717) is 12.3 Å². The van der Waals surface area contributed by atoms with Crippen molar-refractivity contribution in [1.29, 1.82) is 0 Å². The standard InChI is InChI=1S/C13H26N2O3S/c1-15(11-5-7-19(16,17)9-11)13(10-14)6-3-4-12(8-13)18-2/h11-12H,3-10,14H2,1-2H3. The van der Waals surface area contributed by atoms with Gasteiger partial charge in [-0.05, 0) is 39.2 Å². The average molecular weight is 290 g/mol. The van der Waals surface area contributed by atoms with Crippen LogP contribution in [0.1, 0.15) is 32.1 Å². The maximum Gasteiger partial charge on any atom is 0.151 e. The quantitative estimate of drug-likeness (QED) is 0.811. The zero-order valence-corrected chi connectivity index (χ0v) is 12.8. The first-order chi connectivity index (χ1) is 8.92. The maximum absolute atomic E-state index is 11.7. The molecule has 0 spiro atoms. The van der Waals surface area contributed by atoms with E-state index in [1.165, 1.54) is 0 Å². The fraction of sp³-hybridized carbons (Fsp3) is 1.00. The van der Waals surface area contributed by atoms with Crippen molar-refractivity contribution in [3.63, 3.8) is 0 Å². The van der Waals surface area contributed by atoms with E-state index < -0.39 is 9.84 Å². The molecular weight excluding hydrogens is 264 g/mol. The molecule has 1 saturated heterocycles. The zero-order valence-electron chi connectivity index (χ0n) is 12.0. The lowest BCUT2D eigenvalue weighted by atomic mass is 9.78. The molecule has 0 aromatic carbocycles. The predicted octanol–water partition coefficient (Wildman–Crippen LogP) is 0.392. The second-order valence-corrected chi connectivity index (χ2v) is 8.28. The predicted molar refractivity (Wildman–Crippen MR) is 75.9 cm³/mol. The van der Waals surface area contributed by atoms with Gasteiger partial charge in [-0.2, -0.15) is 0 Å². The topological polar surface area (TPSA) is 72.6 Å². The summed E-state index contributed by atoms with van der Waals surface area (Å²) >= 11 is 0. The van der Waals surface area contributed by atoms with Gasteiger partial charge in [0.1, 0.15) is 0 Å². The molecule has 2 aliphatic rings. The average Bonchev–Trinajstić information content (AvgIpc) is 2.78. The molecule has 5 nitrogen and oxygen atoms in total. The first-order valence-corrected chi connectivity index (χ1v) is 8.91. The molecule has 19 heavy (non-hydrogen) atoms. The molecule has 112 valence electrons. The Morgan fingerprint density at radius 2 is 2.16 bits per heavy atom. The van der Waals surface area contributed by atoms with Crippen molar-refractivity contribution in [3.05, 3.63) is 0 Å². The Morgan fingerprint density at radius 3 is 2.68 bits per heavy atom. The van der Waals surface area contributed by atoms with Gasteiger partial charge in [-0.1, -0.05) is 0 Å². The van der Waals surface area contributed by atoms with Gasteiger partial charge >= 0.3 is 0 Å². The molecule has 0 amide bonds. The minimum Gasteiger partial charge on any atom is -0.381 e. The van der Waals surface area contributed by atoms with Crippen LogP contribution in [0.2, 0.25) is 0 Å². The summed E-state index contributed by atoms with van der Waals surface area (Å²) in [4.78, 5) is 2.24. The lowest BCUT2D eigenvalue weighted by Gasteiger charge is -2.48. The van der Waals surface area contributed by atoms with Gasteiger partial charge in [-0.25, -0.2) is 8.42 Å². The molecule has 0 bridgehead atoms. The fourth-order valence-electron chi connectivity index (χ4n) is 3.61. The molecule has 0 aromatic rings. The Labute approximate surface area is 116 Å². The summed E-state index contributed by atoms with van der Waals surface area (Å²) < 4.78 is 28.8. The van der Waals surface area contributed by atoms with Crippen LogP contribution in [0.3, 0.4) is 0 Å². The summed E-state index contributed by atoms with van der Waals surface area (Å²) in [6.45, 7) is 0.569. The molecule has 3 atom stereocenters. The van der Waals surface area contributed by atoms with Crippen molar-refractivity contribution in [2.75, 3.05) is 32.2 Å². The second-order valence-electron chi connectivity index (χ2n) is 6.05. The highest BCUT2D eigenvalue weighted by Crippen LogP contribution is 2.36. The summed E-state index contributed by atoms with van der Waals surface area (Å²) in [5.74, 6) is 0.596. The largest absolute Gasteiger partial charge is 0.381 e. The van der Waals surface area contributed by atoms with E-state index in [4.69, 9.17) is 10.5 Å². The minimum atomic E-state index is -2.85. The third-order valence-corrected chi connectivity index (χ3v) is 6.74. The van der Waals surface area contributed by atoms with Crippen LogP contribution in [0.5, 0.6) is 0 Å². The van der Waals surface area contributed by atoms with E-state index >= 15 is 0 Å². The van der Waals surface area contributed by atoms with Crippen molar-refractivity contribution >= 4 is 9.84 Å². The molecule has 1 aliphatic heterocycles. The molecule has 1 saturated carbocycles.